The van der Waals surface area contributed by atoms with Crippen LogP contribution in [0.4, 0.5) is 4.79 Å². The summed E-state index contributed by atoms with van der Waals surface area (Å²) in [6, 6.07) is 9.42. The summed E-state index contributed by atoms with van der Waals surface area (Å²) in [5.41, 5.74) is 0. The lowest BCUT2D eigenvalue weighted by molar-refractivity contribution is 0.198. The molecule has 0 saturated heterocycles. The Balaban J connectivity index is 2.49. The van der Waals surface area contributed by atoms with E-state index in [1.807, 2.05) is 45.0 Å². The van der Waals surface area contributed by atoms with Gasteiger partial charge in [0, 0.05) is 23.4 Å². The fourth-order valence-electron chi connectivity index (χ4n) is 2.29. The number of carbonyl (C=O) groups excluding carboxylic acids is 1. The molecule has 1 N–H and O–H groups in total. The highest BCUT2D eigenvalue weighted by atomic mass is 16.6. The normalized spacial score (nSPS) is 10.4. The van der Waals surface area contributed by atoms with Gasteiger partial charge < -0.3 is 19.5 Å². The highest BCUT2D eigenvalue weighted by Crippen LogP contribution is 2.41. The van der Waals surface area contributed by atoms with Gasteiger partial charge in [-0.05, 0) is 20.3 Å². The summed E-state index contributed by atoms with van der Waals surface area (Å²) < 4.78 is 16.9. The minimum atomic E-state index is -0.484. The second-order valence-corrected chi connectivity index (χ2v) is 4.93. The lowest BCUT2D eigenvalue weighted by Crippen LogP contribution is -2.27. The van der Waals surface area contributed by atoms with Crippen LogP contribution in [0, 0.1) is 0 Å². The van der Waals surface area contributed by atoms with Crippen molar-refractivity contribution in [2.24, 2.45) is 0 Å². The van der Waals surface area contributed by atoms with Crippen molar-refractivity contribution < 1.29 is 19.0 Å². The van der Waals surface area contributed by atoms with E-state index < -0.39 is 6.09 Å². The molecule has 2 aromatic carbocycles. The number of benzene rings is 2. The number of nitrogens with one attached hydrogen (secondary N) is 1. The van der Waals surface area contributed by atoms with Crippen LogP contribution in [0.15, 0.2) is 30.3 Å². The smallest absolute Gasteiger partial charge is 0.412 e. The first-order chi connectivity index (χ1) is 11.2. The van der Waals surface area contributed by atoms with Crippen molar-refractivity contribution in [3.05, 3.63) is 30.3 Å². The molecule has 0 fully saturated rings. The van der Waals surface area contributed by atoms with E-state index in [0.717, 1.165) is 17.2 Å². The monoisotopic (exact) mass is 317 g/mol. The molecular formula is C18H23NO4. The Kier molecular flexibility index (Phi) is 6.09. The summed E-state index contributed by atoms with van der Waals surface area (Å²) in [6.45, 7) is 7.38. The molecule has 0 aliphatic heterocycles. The van der Waals surface area contributed by atoms with Gasteiger partial charge in [0.15, 0.2) is 11.5 Å². The van der Waals surface area contributed by atoms with Crippen molar-refractivity contribution in [2.75, 3.05) is 19.8 Å². The molecule has 2 rings (SSSR count). The van der Waals surface area contributed by atoms with Crippen LogP contribution in [0.3, 0.4) is 0 Å². The van der Waals surface area contributed by atoms with Gasteiger partial charge in [-0.3, -0.25) is 0 Å². The molecule has 0 atom stereocenters. The SMILES string of the molecule is CCCNC(=O)Oc1c(OCC)cc(OCC)c2ccccc12. The molecule has 0 aliphatic carbocycles. The van der Waals surface area contributed by atoms with E-state index in [2.05, 4.69) is 5.32 Å². The third kappa shape index (κ3) is 4.06. The summed E-state index contributed by atoms with van der Waals surface area (Å²) in [6.07, 6.45) is 0.361. The van der Waals surface area contributed by atoms with Crippen molar-refractivity contribution in [1.82, 2.24) is 5.32 Å². The van der Waals surface area contributed by atoms with E-state index >= 15 is 0 Å². The van der Waals surface area contributed by atoms with Gasteiger partial charge in [-0.2, -0.15) is 0 Å². The van der Waals surface area contributed by atoms with E-state index in [0.29, 0.717) is 37.0 Å². The molecule has 0 aromatic heterocycles. The maximum Gasteiger partial charge on any atom is 0.412 e. The molecule has 2 aromatic rings. The molecular weight excluding hydrogens is 294 g/mol. The van der Waals surface area contributed by atoms with Crippen LogP contribution < -0.4 is 19.5 Å². The predicted octanol–water partition coefficient (Wildman–Crippen LogP) is 4.14. The summed E-state index contributed by atoms with van der Waals surface area (Å²) in [5, 5.41) is 4.38. The number of fused-ring (bicyclic) bond motifs is 1. The van der Waals surface area contributed by atoms with Crippen LogP contribution in [-0.4, -0.2) is 25.9 Å². The second kappa shape index (κ2) is 8.27. The number of hydrogen-bond acceptors (Lipinski definition) is 4. The Morgan fingerprint density at radius 3 is 2.30 bits per heavy atom. The first-order valence-corrected chi connectivity index (χ1v) is 7.98. The van der Waals surface area contributed by atoms with Crippen molar-refractivity contribution >= 4 is 16.9 Å². The topological polar surface area (TPSA) is 56.8 Å². The van der Waals surface area contributed by atoms with Gasteiger partial charge in [0.25, 0.3) is 0 Å². The number of ether oxygens (including phenoxy) is 3. The average molecular weight is 317 g/mol. The molecule has 5 nitrogen and oxygen atoms in total. The van der Waals surface area contributed by atoms with Gasteiger partial charge in [0.05, 0.1) is 13.2 Å². The molecule has 0 aliphatic rings. The maximum absolute atomic E-state index is 12.0. The minimum Gasteiger partial charge on any atom is -0.493 e. The number of carbonyl (C=O) groups is 1. The Hall–Kier alpha value is -2.43. The largest absolute Gasteiger partial charge is 0.493 e. The Morgan fingerprint density at radius 1 is 1.00 bits per heavy atom. The van der Waals surface area contributed by atoms with Gasteiger partial charge in [0.1, 0.15) is 5.75 Å². The van der Waals surface area contributed by atoms with E-state index in [1.165, 1.54) is 0 Å². The van der Waals surface area contributed by atoms with Gasteiger partial charge in [-0.1, -0.05) is 31.2 Å². The van der Waals surface area contributed by atoms with Gasteiger partial charge in [0.2, 0.25) is 0 Å². The molecule has 23 heavy (non-hydrogen) atoms. The fraction of sp³-hybridized carbons (Fsp3) is 0.389. The lowest BCUT2D eigenvalue weighted by atomic mass is 10.1. The molecule has 1 amide bonds. The van der Waals surface area contributed by atoms with Crippen LogP contribution in [0.2, 0.25) is 0 Å². The summed E-state index contributed by atoms with van der Waals surface area (Å²) in [7, 11) is 0. The molecule has 0 spiro atoms. The molecule has 0 saturated carbocycles. The van der Waals surface area contributed by atoms with Crippen LogP contribution in [0.1, 0.15) is 27.2 Å². The first-order valence-electron chi connectivity index (χ1n) is 7.98. The zero-order valence-electron chi connectivity index (χ0n) is 13.8. The van der Waals surface area contributed by atoms with Crippen LogP contribution in [-0.2, 0) is 0 Å². The minimum absolute atomic E-state index is 0.416. The predicted molar refractivity (Wildman–Crippen MR) is 90.6 cm³/mol. The van der Waals surface area contributed by atoms with Crippen molar-refractivity contribution in [1.29, 1.82) is 0 Å². The zero-order valence-corrected chi connectivity index (χ0v) is 13.8. The number of hydrogen-bond donors (Lipinski definition) is 1. The summed E-state index contributed by atoms with van der Waals surface area (Å²) in [4.78, 5) is 12.0. The van der Waals surface area contributed by atoms with Gasteiger partial charge in [-0.25, -0.2) is 4.79 Å². The lowest BCUT2D eigenvalue weighted by Gasteiger charge is -2.16. The average Bonchev–Trinajstić information content (AvgIpc) is 2.56. The molecule has 0 heterocycles. The standard InChI is InChI=1S/C18H23NO4/c1-4-11-19-18(20)23-17-14-10-8-7-9-13(14)15(21-5-2)12-16(17)22-6-3/h7-10,12H,4-6,11H2,1-3H3,(H,19,20). The Morgan fingerprint density at radius 2 is 1.65 bits per heavy atom. The van der Waals surface area contributed by atoms with Crippen LogP contribution in [0.5, 0.6) is 17.2 Å². The number of rotatable bonds is 7. The summed E-state index contributed by atoms with van der Waals surface area (Å²) >= 11 is 0. The van der Waals surface area contributed by atoms with E-state index in [-0.39, 0.29) is 0 Å². The maximum atomic E-state index is 12.0. The van der Waals surface area contributed by atoms with E-state index in [9.17, 15) is 4.79 Å². The third-order valence-corrected chi connectivity index (χ3v) is 3.24. The zero-order chi connectivity index (χ0) is 16.7. The Labute approximate surface area is 136 Å². The van der Waals surface area contributed by atoms with Gasteiger partial charge in [-0.15, -0.1) is 0 Å². The molecule has 0 radical (unpaired) electrons. The van der Waals surface area contributed by atoms with E-state index in [1.54, 1.807) is 6.07 Å². The second-order valence-electron chi connectivity index (χ2n) is 4.93. The first kappa shape index (κ1) is 16.9. The van der Waals surface area contributed by atoms with Gasteiger partial charge >= 0.3 is 6.09 Å². The molecule has 0 bridgehead atoms. The van der Waals surface area contributed by atoms with Crippen LogP contribution >= 0.6 is 0 Å². The highest BCUT2D eigenvalue weighted by molar-refractivity contribution is 5.97. The van der Waals surface area contributed by atoms with E-state index in [4.69, 9.17) is 14.2 Å². The third-order valence-electron chi connectivity index (χ3n) is 3.24. The molecule has 124 valence electrons. The van der Waals surface area contributed by atoms with Crippen molar-refractivity contribution in [3.8, 4) is 17.2 Å². The van der Waals surface area contributed by atoms with Crippen LogP contribution in [0.25, 0.3) is 10.8 Å². The fourth-order valence-corrected chi connectivity index (χ4v) is 2.29. The summed E-state index contributed by atoms with van der Waals surface area (Å²) in [5.74, 6) is 1.63. The Bertz CT molecular complexity index is 669. The molecule has 0 unspecified atom stereocenters. The highest BCUT2D eigenvalue weighted by Gasteiger charge is 2.18. The molecule has 5 heteroatoms. The quantitative estimate of drug-likeness (QED) is 0.834. The van der Waals surface area contributed by atoms with Crippen molar-refractivity contribution in [3.63, 3.8) is 0 Å². The van der Waals surface area contributed by atoms with Crippen molar-refractivity contribution in [2.45, 2.75) is 27.2 Å². The number of amides is 1.